The normalized spacial score (nSPS) is 17.6. The SMILES string of the molecule is [2H]C1([2H])c2ncccc2C(=O)N1Cc1c(F)cc(-c2ccc(S(C)(=N)=O)c3nn(C)cc23)cc1F. The molecule has 0 radical (unpaired) electrons. The number of nitrogens with one attached hydrogen (secondary N) is 1. The Labute approximate surface area is 191 Å². The van der Waals surface area contributed by atoms with Gasteiger partial charge in [0.1, 0.15) is 17.2 Å². The summed E-state index contributed by atoms with van der Waals surface area (Å²) >= 11 is 0. The van der Waals surface area contributed by atoms with Gasteiger partial charge in [0.15, 0.2) is 0 Å². The largest absolute Gasteiger partial charge is 0.328 e. The van der Waals surface area contributed by atoms with Crippen LogP contribution in [0.2, 0.25) is 0 Å². The highest BCUT2D eigenvalue weighted by atomic mass is 32.2. The number of hydrogen-bond acceptors (Lipinski definition) is 5. The number of benzene rings is 2. The third kappa shape index (κ3) is 3.56. The van der Waals surface area contributed by atoms with Gasteiger partial charge in [-0.15, -0.1) is 0 Å². The van der Waals surface area contributed by atoms with Crippen molar-refractivity contribution in [1.29, 1.82) is 4.78 Å². The fraction of sp³-hybridized carbons (Fsp3) is 0.174. The van der Waals surface area contributed by atoms with Gasteiger partial charge in [-0.3, -0.25) is 14.5 Å². The minimum atomic E-state index is -3.09. The third-order valence-electron chi connectivity index (χ3n) is 5.47. The van der Waals surface area contributed by atoms with Crippen molar-refractivity contribution in [2.75, 3.05) is 6.26 Å². The second kappa shape index (κ2) is 7.45. The predicted octanol–water partition coefficient (Wildman–Crippen LogP) is 4.10. The Balaban J connectivity index is 1.57. The molecule has 10 heteroatoms. The van der Waals surface area contributed by atoms with E-state index in [1.807, 2.05) is 0 Å². The number of hydrogen-bond donors (Lipinski definition) is 1. The molecule has 0 saturated carbocycles. The molecule has 2 aromatic carbocycles. The zero-order valence-corrected chi connectivity index (χ0v) is 18.4. The van der Waals surface area contributed by atoms with Crippen molar-refractivity contribution in [3.05, 3.63) is 77.2 Å². The molecule has 1 amide bonds. The second-order valence-electron chi connectivity index (χ2n) is 7.84. The summed E-state index contributed by atoms with van der Waals surface area (Å²) in [6.45, 7) is -2.95. The van der Waals surface area contributed by atoms with Crippen molar-refractivity contribution < 1.29 is 20.5 Å². The number of carbonyl (C=O) groups is 1. The van der Waals surface area contributed by atoms with E-state index in [0.29, 0.717) is 16.5 Å². The van der Waals surface area contributed by atoms with E-state index >= 15 is 8.78 Å². The highest BCUT2D eigenvalue weighted by molar-refractivity contribution is 7.92. The number of aromatic nitrogens is 3. The lowest BCUT2D eigenvalue weighted by Gasteiger charge is -2.17. The first kappa shape index (κ1) is 18.9. The monoisotopic (exact) mass is 469 g/mol. The van der Waals surface area contributed by atoms with E-state index in [9.17, 15) is 9.00 Å². The highest BCUT2D eigenvalue weighted by Gasteiger charge is 2.30. The van der Waals surface area contributed by atoms with E-state index in [1.54, 1.807) is 13.2 Å². The summed E-state index contributed by atoms with van der Waals surface area (Å²) in [4.78, 5) is 17.7. The van der Waals surface area contributed by atoms with Gasteiger partial charge in [-0.25, -0.2) is 17.8 Å². The lowest BCUT2D eigenvalue weighted by molar-refractivity contribution is 0.0763. The zero-order chi connectivity index (χ0) is 25.3. The molecule has 1 N–H and O–H groups in total. The maximum atomic E-state index is 15.2. The smallest absolute Gasteiger partial charge is 0.256 e. The lowest BCUT2D eigenvalue weighted by atomic mass is 9.99. The van der Waals surface area contributed by atoms with Gasteiger partial charge in [0.25, 0.3) is 5.91 Å². The van der Waals surface area contributed by atoms with Gasteiger partial charge in [0.05, 0.1) is 41.7 Å². The number of fused-ring (bicyclic) bond motifs is 2. The van der Waals surface area contributed by atoms with Crippen LogP contribution in [0, 0.1) is 16.4 Å². The van der Waals surface area contributed by atoms with Gasteiger partial charge in [-0.2, -0.15) is 5.10 Å². The minimum absolute atomic E-state index is 0.0518. The van der Waals surface area contributed by atoms with Crippen LogP contribution in [0.3, 0.4) is 0 Å². The molecular weight excluding hydrogens is 448 g/mol. The number of halogens is 2. The fourth-order valence-electron chi connectivity index (χ4n) is 3.93. The fourth-order valence-corrected chi connectivity index (χ4v) is 4.78. The molecule has 7 nitrogen and oxygen atoms in total. The topological polar surface area (TPSA) is 91.9 Å². The van der Waals surface area contributed by atoms with Crippen LogP contribution in [-0.2, 0) is 29.8 Å². The quantitative estimate of drug-likeness (QED) is 0.487. The molecule has 0 bridgehead atoms. The molecule has 0 saturated heterocycles. The van der Waals surface area contributed by atoms with Crippen LogP contribution < -0.4 is 0 Å². The van der Waals surface area contributed by atoms with E-state index in [4.69, 9.17) is 7.52 Å². The predicted molar refractivity (Wildman–Crippen MR) is 119 cm³/mol. The van der Waals surface area contributed by atoms with Gasteiger partial charge < -0.3 is 4.90 Å². The number of nitrogens with zero attached hydrogens (tertiary/aromatic N) is 4. The van der Waals surface area contributed by atoms with Crippen molar-refractivity contribution in [3.63, 3.8) is 0 Å². The molecule has 168 valence electrons. The van der Waals surface area contributed by atoms with Crippen LogP contribution in [-0.4, -0.2) is 36.0 Å². The number of rotatable bonds is 4. The van der Waals surface area contributed by atoms with Gasteiger partial charge in [-0.1, -0.05) is 6.07 Å². The highest BCUT2D eigenvalue weighted by Crippen LogP contribution is 2.34. The Morgan fingerprint density at radius 3 is 2.61 bits per heavy atom. The summed E-state index contributed by atoms with van der Waals surface area (Å²) in [7, 11) is -1.45. The molecule has 1 unspecified atom stereocenters. The molecule has 1 aliphatic rings. The molecule has 0 aliphatic carbocycles. The van der Waals surface area contributed by atoms with Crippen molar-refractivity contribution in [3.8, 4) is 11.1 Å². The van der Waals surface area contributed by atoms with Crippen molar-refractivity contribution in [2.24, 2.45) is 7.05 Å². The summed E-state index contributed by atoms with van der Waals surface area (Å²) in [6, 6.07) is 8.12. The van der Waals surface area contributed by atoms with Gasteiger partial charge in [0, 0.05) is 36.6 Å². The van der Waals surface area contributed by atoms with Crippen LogP contribution in [0.4, 0.5) is 8.78 Å². The van der Waals surface area contributed by atoms with Crippen LogP contribution in [0.1, 0.15) is 24.4 Å². The first-order chi connectivity index (χ1) is 16.4. The van der Waals surface area contributed by atoms with E-state index < -0.39 is 45.9 Å². The van der Waals surface area contributed by atoms with Gasteiger partial charge >= 0.3 is 0 Å². The third-order valence-corrected chi connectivity index (χ3v) is 6.63. The Morgan fingerprint density at radius 2 is 1.94 bits per heavy atom. The van der Waals surface area contributed by atoms with Crippen molar-refractivity contribution >= 4 is 26.5 Å². The maximum absolute atomic E-state index is 15.2. The first-order valence-electron chi connectivity index (χ1n) is 10.9. The van der Waals surface area contributed by atoms with Gasteiger partial charge in [0.2, 0.25) is 0 Å². The average molecular weight is 470 g/mol. The number of pyridine rings is 1. The second-order valence-corrected chi connectivity index (χ2v) is 9.97. The summed E-state index contributed by atoms with van der Waals surface area (Å²) in [5, 5.41) is 4.76. The molecule has 0 spiro atoms. The van der Waals surface area contributed by atoms with E-state index in [0.717, 1.165) is 17.0 Å². The van der Waals surface area contributed by atoms with Crippen LogP contribution >= 0.6 is 0 Å². The Kier molecular flexibility index (Phi) is 4.26. The van der Waals surface area contributed by atoms with Gasteiger partial charge in [-0.05, 0) is 41.5 Å². The molecule has 2 aromatic heterocycles. The van der Waals surface area contributed by atoms with Crippen LogP contribution in [0.15, 0.2) is 53.7 Å². The Bertz CT molecular complexity index is 1630. The van der Waals surface area contributed by atoms with Crippen LogP contribution in [0.5, 0.6) is 0 Å². The van der Waals surface area contributed by atoms with E-state index in [1.165, 1.54) is 41.4 Å². The van der Waals surface area contributed by atoms with E-state index in [-0.39, 0.29) is 21.7 Å². The minimum Gasteiger partial charge on any atom is -0.328 e. The standard InChI is InChI=1S/C23H19F2N5O2S/c1-29-10-16-14(5-6-21(22(16)28-29)33(2,26)32)13-8-18(24)17(19(25)9-13)11-30-12-20-15(23(30)31)4-3-7-27-20/h3-10,26H,11-12H2,1-2H3/i12D2. The lowest BCUT2D eigenvalue weighted by Crippen LogP contribution is -2.24. The van der Waals surface area contributed by atoms with Crippen molar-refractivity contribution in [1.82, 2.24) is 19.7 Å². The Morgan fingerprint density at radius 1 is 1.21 bits per heavy atom. The molecule has 1 aliphatic heterocycles. The van der Waals surface area contributed by atoms with Crippen molar-refractivity contribution in [2.45, 2.75) is 17.9 Å². The molecule has 4 aromatic rings. The zero-order valence-electron chi connectivity index (χ0n) is 19.6. The summed E-state index contributed by atoms with van der Waals surface area (Å²) in [6.07, 6.45) is 4.24. The summed E-state index contributed by atoms with van der Waals surface area (Å²) in [5.41, 5.74) is 0.411. The molecule has 3 heterocycles. The molecule has 1 atom stereocenters. The molecule has 0 fully saturated rings. The molecule has 33 heavy (non-hydrogen) atoms. The van der Waals surface area contributed by atoms with E-state index in [2.05, 4.69) is 10.1 Å². The Hall–Kier alpha value is -3.66. The average Bonchev–Trinajstić information content (AvgIpc) is 3.25. The molecular formula is C23H19F2N5O2S. The first-order valence-corrected chi connectivity index (χ1v) is 11.8. The summed E-state index contributed by atoms with van der Waals surface area (Å²) in [5.74, 6) is -2.60. The van der Waals surface area contributed by atoms with Crippen LogP contribution in [0.25, 0.3) is 22.0 Å². The molecule has 5 rings (SSSR count). The summed E-state index contributed by atoms with van der Waals surface area (Å²) < 4.78 is 68.8. The number of amides is 1. The number of carbonyl (C=O) groups excluding carboxylic acids is 1. The number of aryl methyl sites for hydroxylation is 1. The maximum Gasteiger partial charge on any atom is 0.256 e.